The van der Waals surface area contributed by atoms with Crippen molar-refractivity contribution in [2.45, 2.75) is 84.4 Å². The van der Waals surface area contributed by atoms with Gasteiger partial charge in [-0.25, -0.2) is 0 Å². The van der Waals surface area contributed by atoms with E-state index < -0.39 is 18.0 Å². The Morgan fingerprint density at radius 3 is 2.35 bits per heavy atom. The Balaban J connectivity index is 0. The highest BCUT2D eigenvalue weighted by Crippen LogP contribution is 2.20. The maximum atomic E-state index is 12.3. The molecule has 2 amide bonds. The maximum absolute atomic E-state index is 12.3. The summed E-state index contributed by atoms with van der Waals surface area (Å²) in [6.07, 6.45) is 6.46. The summed E-state index contributed by atoms with van der Waals surface area (Å²) in [7, 11) is 0. The lowest BCUT2D eigenvalue weighted by Crippen LogP contribution is -2.50. The second-order valence-corrected chi connectivity index (χ2v) is 7.79. The second-order valence-electron chi connectivity index (χ2n) is 7.79. The van der Waals surface area contributed by atoms with Gasteiger partial charge in [0.25, 0.3) is 0 Å². The second kappa shape index (κ2) is 12.3. The van der Waals surface area contributed by atoms with E-state index in [0.717, 1.165) is 25.2 Å². The molecule has 26 heavy (non-hydrogen) atoms. The molecule has 1 aliphatic heterocycles. The van der Waals surface area contributed by atoms with Gasteiger partial charge in [-0.15, -0.1) is 0 Å². The summed E-state index contributed by atoms with van der Waals surface area (Å²) >= 11 is 0. The minimum atomic E-state index is -0.469. The number of nitrogens with two attached hydrogens (primary N) is 1. The fraction of sp³-hybridized carbons (Fsp3) is 0.895. The molecule has 0 aromatic carbocycles. The zero-order valence-electron chi connectivity index (χ0n) is 16.8. The van der Waals surface area contributed by atoms with Crippen LogP contribution in [0.4, 0.5) is 0 Å². The van der Waals surface area contributed by atoms with Gasteiger partial charge in [0, 0.05) is 9.40 Å². The van der Waals surface area contributed by atoms with Crippen molar-refractivity contribution < 1.29 is 21.9 Å². The van der Waals surface area contributed by atoms with Crippen LogP contribution in [0, 0.1) is 5.92 Å². The predicted molar refractivity (Wildman–Crippen MR) is 105 cm³/mol. The fourth-order valence-electron chi connectivity index (χ4n) is 3.09. The van der Waals surface area contributed by atoms with Crippen LogP contribution in [0.5, 0.6) is 0 Å². The van der Waals surface area contributed by atoms with Gasteiger partial charge in [-0.2, -0.15) is 0 Å². The zero-order chi connectivity index (χ0) is 19.5. The first kappa shape index (κ1) is 22.9. The summed E-state index contributed by atoms with van der Waals surface area (Å²) in [4.78, 5) is 25.2. The van der Waals surface area contributed by atoms with Crippen molar-refractivity contribution in [3.05, 3.63) is 0 Å². The Hall–Kier alpha value is -1.18. The third-order valence-electron chi connectivity index (χ3n) is 4.42. The molecule has 0 radical (unpaired) electrons. The third kappa shape index (κ3) is 8.47. The molecule has 1 saturated carbocycles. The molecule has 0 unspecified atom stereocenters. The Morgan fingerprint density at radius 1 is 1.15 bits per heavy atom. The molecule has 2 atom stereocenters. The monoisotopic (exact) mass is 375 g/mol. The van der Waals surface area contributed by atoms with Crippen LogP contribution in [-0.4, -0.2) is 55.0 Å². The lowest BCUT2D eigenvalue weighted by Gasteiger charge is -2.26. The predicted octanol–water partition coefficient (Wildman–Crippen LogP) is 2.49. The normalized spacial score (nSPS) is 21.6. The summed E-state index contributed by atoms with van der Waals surface area (Å²) in [6.45, 7) is 9.34. The molecule has 0 spiro atoms. The van der Waals surface area contributed by atoms with E-state index in [0.29, 0.717) is 19.1 Å². The summed E-state index contributed by atoms with van der Waals surface area (Å²) in [5.74, 6) is 0.292. The number of hydrogen-bond donors (Lipinski definition) is 2. The number of ether oxygens (including phenoxy) is 2. The molecule has 156 valence electrons. The van der Waals surface area contributed by atoms with Crippen LogP contribution in [0.25, 0.3) is 0 Å². The van der Waals surface area contributed by atoms with Crippen LogP contribution in [-0.2, 0) is 19.1 Å². The largest absolute Gasteiger partial charge is 0.368 e. The Labute approximate surface area is 160 Å². The number of carbonyl (C=O) groups is 2. The minimum absolute atomic E-state index is 0. The van der Waals surface area contributed by atoms with Crippen molar-refractivity contribution in [2.75, 3.05) is 20.1 Å². The molecule has 1 heterocycles. The van der Waals surface area contributed by atoms with Gasteiger partial charge in [0.1, 0.15) is 12.8 Å². The number of hydrogen-bond acceptors (Lipinski definition) is 5. The maximum Gasteiger partial charge on any atom is 0.240 e. The number of nitrogens with one attached hydrogen (secondary N) is 1. The van der Waals surface area contributed by atoms with E-state index in [1.54, 1.807) is 11.8 Å². The number of nitrogens with zero attached hydrogens (tertiary/aromatic N) is 1. The summed E-state index contributed by atoms with van der Waals surface area (Å²) in [5, 5.41) is 3.00. The standard InChI is InChI=1S/C15H27N3O4.C4H10.2H2/c1-11(15(20)18-8-4-7-13(18)14(16)19)17-9-21-10-22-12-5-2-3-6-12;1-4(2)3;;/h11-13,17H,2-10H2,1H3,(H2,16,19);4H,1-3H3;2*1H/t11-,13-;;;/m0.../s1. The van der Waals surface area contributed by atoms with Crippen LogP contribution in [0.3, 0.4) is 0 Å². The lowest BCUT2D eigenvalue weighted by molar-refractivity contribution is -0.140. The molecule has 7 nitrogen and oxygen atoms in total. The summed E-state index contributed by atoms with van der Waals surface area (Å²) in [6, 6.07) is -0.880. The molecule has 0 aromatic rings. The van der Waals surface area contributed by atoms with Crippen molar-refractivity contribution in [1.29, 1.82) is 0 Å². The van der Waals surface area contributed by atoms with Crippen molar-refractivity contribution in [3.8, 4) is 0 Å². The van der Waals surface area contributed by atoms with Gasteiger partial charge in [-0.05, 0) is 38.5 Å². The van der Waals surface area contributed by atoms with Crippen LogP contribution in [0.15, 0.2) is 0 Å². The first-order chi connectivity index (χ1) is 12.3. The van der Waals surface area contributed by atoms with Crippen molar-refractivity contribution in [3.63, 3.8) is 0 Å². The Bertz CT molecular complexity index is 433. The third-order valence-corrected chi connectivity index (χ3v) is 4.42. The topological polar surface area (TPSA) is 93.9 Å². The van der Waals surface area contributed by atoms with Crippen molar-refractivity contribution in [2.24, 2.45) is 11.7 Å². The van der Waals surface area contributed by atoms with Gasteiger partial charge in [-0.3, -0.25) is 14.9 Å². The Morgan fingerprint density at radius 2 is 1.77 bits per heavy atom. The molecule has 2 fully saturated rings. The average Bonchev–Trinajstić information content (AvgIpc) is 3.24. The zero-order valence-corrected chi connectivity index (χ0v) is 16.8. The van der Waals surface area contributed by atoms with E-state index in [1.165, 1.54) is 12.8 Å². The van der Waals surface area contributed by atoms with Crippen LogP contribution in [0.2, 0.25) is 0 Å². The van der Waals surface area contributed by atoms with E-state index in [9.17, 15) is 9.59 Å². The highest BCUT2D eigenvalue weighted by molar-refractivity contribution is 5.89. The average molecular weight is 376 g/mol. The van der Waals surface area contributed by atoms with Gasteiger partial charge in [0.15, 0.2) is 0 Å². The number of primary amides is 1. The first-order valence-electron chi connectivity index (χ1n) is 9.85. The molecule has 0 aromatic heterocycles. The number of carbonyl (C=O) groups excluding carboxylic acids is 2. The molecule has 7 heteroatoms. The van der Waals surface area contributed by atoms with Gasteiger partial charge >= 0.3 is 0 Å². The lowest BCUT2D eigenvalue weighted by atomic mass is 10.2. The van der Waals surface area contributed by atoms with Crippen LogP contribution in [0.1, 0.15) is 69.1 Å². The Kier molecular flexibility index (Phi) is 10.8. The van der Waals surface area contributed by atoms with Gasteiger partial charge in [-0.1, -0.05) is 33.6 Å². The SMILES string of the molecule is CC(C)C.C[C@H](NCOCOC1CCCC1)C(=O)N1CCC[C@H]1C(N)=O.[HH].[HH]. The summed E-state index contributed by atoms with van der Waals surface area (Å²) in [5.41, 5.74) is 5.33. The molecular weight excluding hydrogens is 334 g/mol. The minimum Gasteiger partial charge on any atom is -0.368 e. The van der Waals surface area contributed by atoms with Crippen molar-refractivity contribution >= 4 is 11.8 Å². The van der Waals surface area contributed by atoms with E-state index in [4.69, 9.17) is 15.2 Å². The van der Waals surface area contributed by atoms with Gasteiger partial charge in [0.05, 0.1) is 18.9 Å². The van der Waals surface area contributed by atoms with E-state index >= 15 is 0 Å². The molecule has 1 saturated heterocycles. The molecule has 2 rings (SSSR count). The molecule has 2 aliphatic rings. The van der Waals surface area contributed by atoms with Gasteiger partial charge < -0.3 is 20.1 Å². The highest BCUT2D eigenvalue weighted by Gasteiger charge is 2.34. The fourth-order valence-corrected chi connectivity index (χ4v) is 3.09. The number of amides is 2. The quantitative estimate of drug-likeness (QED) is 0.502. The first-order valence-corrected chi connectivity index (χ1v) is 9.85. The van der Waals surface area contributed by atoms with Crippen molar-refractivity contribution in [1.82, 2.24) is 10.2 Å². The van der Waals surface area contributed by atoms with Gasteiger partial charge in [0.2, 0.25) is 11.8 Å². The molecule has 0 bridgehead atoms. The molecule has 3 N–H and O–H groups in total. The van der Waals surface area contributed by atoms with E-state index in [1.807, 2.05) is 0 Å². The molecule has 1 aliphatic carbocycles. The molecular formula is C19H41N3O4. The van der Waals surface area contributed by atoms with Crippen LogP contribution >= 0.6 is 0 Å². The van der Waals surface area contributed by atoms with Crippen LogP contribution < -0.4 is 11.1 Å². The highest BCUT2D eigenvalue weighted by atomic mass is 16.7. The number of rotatable bonds is 8. The van der Waals surface area contributed by atoms with E-state index in [-0.39, 0.29) is 22.3 Å². The smallest absolute Gasteiger partial charge is 0.240 e. The van der Waals surface area contributed by atoms with E-state index in [2.05, 4.69) is 26.1 Å². The summed E-state index contributed by atoms with van der Waals surface area (Å²) < 4.78 is 10.9. The number of likely N-dealkylation sites (tertiary alicyclic amines) is 1.